The Morgan fingerprint density at radius 2 is 1.24 bits per heavy atom. The molecular formula is C16H34O4S. The summed E-state index contributed by atoms with van der Waals surface area (Å²) in [7, 11) is -4.30. The van der Waals surface area contributed by atoms with Crippen LogP contribution in [0.25, 0.3) is 0 Å². The minimum absolute atomic E-state index is 0.125. The molecule has 1 atom stereocenters. The first kappa shape index (κ1) is 20.9. The Morgan fingerprint density at radius 1 is 0.810 bits per heavy atom. The van der Waals surface area contributed by atoms with Crippen molar-refractivity contribution in [3.8, 4) is 0 Å². The molecule has 5 heteroatoms. The molecule has 0 aliphatic carbocycles. The van der Waals surface area contributed by atoms with Crippen LogP contribution in [0.15, 0.2) is 0 Å². The van der Waals surface area contributed by atoms with Gasteiger partial charge in [0.2, 0.25) is 0 Å². The van der Waals surface area contributed by atoms with Crippen LogP contribution in [0.1, 0.15) is 90.9 Å². The summed E-state index contributed by atoms with van der Waals surface area (Å²) in [4.78, 5) is 0. The molecule has 128 valence electrons. The van der Waals surface area contributed by atoms with Crippen LogP contribution in [0.3, 0.4) is 0 Å². The maximum absolute atomic E-state index is 10.7. The maximum atomic E-state index is 10.7. The third-order valence-electron chi connectivity index (χ3n) is 3.88. The average Bonchev–Trinajstić information content (AvgIpc) is 2.42. The highest BCUT2D eigenvalue weighted by Crippen LogP contribution is 2.19. The molecule has 0 radical (unpaired) electrons. The molecule has 4 nitrogen and oxygen atoms in total. The highest BCUT2D eigenvalue weighted by molar-refractivity contribution is 7.80. The SMILES string of the molecule is CCCCCCCC[C@@H](CCCCCC)COS(=O)(=O)O. The van der Waals surface area contributed by atoms with Crippen LogP contribution in [0.5, 0.6) is 0 Å². The van der Waals surface area contributed by atoms with E-state index < -0.39 is 10.4 Å². The largest absolute Gasteiger partial charge is 0.397 e. The first-order chi connectivity index (χ1) is 9.99. The second kappa shape index (κ2) is 13.5. The van der Waals surface area contributed by atoms with Crippen molar-refractivity contribution in [2.75, 3.05) is 6.61 Å². The van der Waals surface area contributed by atoms with E-state index in [0.29, 0.717) is 0 Å². The zero-order valence-corrected chi connectivity index (χ0v) is 14.7. The van der Waals surface area contributed by atoms with E-state index >= 15 is 0 Å². The highest BCUT2D eigenvalue weighted by atomic mass is 32.3. The number of rotatable bonds is 15. The number of hydrogen-bond acceptors (Lipinski definition) is 3. The van der Waals surface area contributed by atoms with Crippen LogP contribution >= 0.6 is 0 Å². The van der Waals surface area contributed by atoms with Crippen molar-refractivity contribution >= 4 is 10.4 Å². The molecule has 0 unspecified atom stereocenters. The van der Waals surface area contributed by atoms with Crippen LogP contribution in [-0.4, -0.2) is 19.6 Å². The minimum atomic E-state index is -4.30. The van der Waals surface area contributed by atoms with Gasteiger partial charge in [-0.15, -0.1) is 0 Å². The third-order valence-corrected chi connectivity index (χ3v) is 4.32. The topological polar surface area (TPSA) is 63.6 Å². The van der Waals surface area contributed by atoms with Gasteiger partial charge in [0.25, 0.3) is 0 Å². The van der Waals surface area contributed by atoms with Crippen molar-refractivity contribution in [2.45, 2.75) is 90.9 Å². The summed E-state index contributed by atoms with van der Waals surface area (Å²) >= 11 is 0. The molecule has 0 saturated carbocycles. The summed E-state index contributed by atoms with van der Waals surface area (Å²) < 4.78 is 34.7. The van der Waals surface area contributed by atoms with Gasteiger partial charge in [0.05, 0.1) is 6.61 Å². The molecule has 0 aliphatic rings. The first-order valence-corrected chi connectivity index (χ1v) is 9.98. The summed E-state index contributed by atoms with van der Waals surface area (Å²) in [6, 6.07) is 0. The predicted octanol–water partition coefficient (Wildman–Crippen LogP) is 5.14. The summed E-state index contributed by atoms with van der Waals surface area (Å²) in [5.41, 5.74) is 0. The van der Waals surface area contributed by atoms with E-state index in [-0.39, 0.29) is 12.5 Å². The Labute approximate surface area is 131 Å². The molecule has 0 heterocycles. The Kier molecular flexibility index (Phi) is 13.4. The van der Waals surface area contributed by atoms with Crippen molar-refractivity contribution in [1.29, 1.82) is 0 Å². The van der Waals surface area contributed by atoms with E-state index in [9.17, 15) is 8.42 Å². The molecule has 0 amide bonds. The van der Waals surface area contributed by atoms with Gasteiger partial charge in [0, 0.05) is 0 Å². The molecule has 0 aromatic rings. The van der Waals surface area contributed by atoms with E-state index in [1.165, 1.54) is 51.4 Å². The lowest BCUT2D eigenvalue weighted by atomic mass is 9.95. The Morgan fingerprint density at radius 3 is 1.71 bits per heavy atom. The smallest absolute Gasteiger partial charge is 0.264 e. The van der Waals surface area contributed by atoms with Crippen molar-refractivity contribution < 1.29 is 17.2 Å². The molecule has 0 rings (SSSR count). The summed E-state index contributed by atoms with van der Waals surface area (Å²) in [5.74, 6) is 0.245. The second-order valence-corrected chi connectivity index (χ2v) is 7.08. The van der Waals surface area contributed by atoms with Crippen LogP contribution in [0, 0.1) is 5.92 Å². The van der Waals surface area contributed by atoms with E-state index in [1.54, 1.807) is 0 Å². The normalized spacial score (nSPS) is 13.5. The van der Waals surface area contributed by atoms with Gasteiger partial charge in [-0.1, -0.05) is 78.1 Å². The quantitative estimate of drug-likeness (QED) is 0.335. The lowest BCUT2D eigenvalue weighted by Crippen LogP contribution is -2.14. The molecule has 0 spiro atoms. The van der Waals surface area contributed by atoms with Gasteiger partial charge < -0.3 is 0 Å². The summed E-state index contributed by atoms with van der Waals surface area (Å²) in [6.07, 6.45) is 14.1. The highest BCUT2D eigenvalue weighted by Gasteiger charge is 2.13. The predicted molar refractivity (Wildman–Crippen MR) is 87.7 cm³/mol. The Hall–Kier alpha value is -0.130. The van der Waals surface area contributed by atoms with Gasteiger partial charge in [-0.25, -0.2) is 4.18 Å². The van der Waals surface area contributed by atoms with E-state index in [4.69, 9.17) is 4.55 Å². The summed E-state index contributed by atoms with van der Waals surface area (Å²) in [5, 5.41) is 0. The van der Waals surface area contributed by atoms with E-state index in [1.807, 2.05) is 0 Å². The van der Waals surface area contributed by atoms with Gasteiger partial charge in [-0.05, 0) is 18.8 Å². The zero-order chi connectivity index (χ0) is 16.0. The monoisotopic (exact) mass is 322 g/mol. The number of unbranched alkanes of at least 4 members (excludes halogenated alkanes) is 8. The zero-order valence-electron chi connectivity index (χ0n) is 13.8. The number of hydrogen-bond donors (Lipinski definition) is 1. The van der Waals surface area contributed by atoms with Crippen LogP contribution < -0.4 is 0 Å². The van der Waals surface area contributed by atoms with E-state index in [2.05, 4.69) is 18.0 Å². The Balaban J connectivity index is 3.88. The van der Waals surface area contributed by atoms with Crippen molar-refractivity contribution in [3.05, 3.63) is 0 Å². The molecular weight excluding hydrogens is 288 g/mol. The molecule has 1 N–H and O–H groups in total. The minimum Gasteiger partial charge on any atom is -0.264 e. The molecule has 21 heavy (non-hydrogen) atoms. The lowest BCUT2D eigenvalue weighted by Gasteiger charge is -2.15. The van der Waals surface area contributed by atoms with Crippen molar-refractivity contribution in [2.24, 2.45) is 5.92 Å². The van der Waals surface area contributed by atoms with Crippen molar-refractivity contribution in [3.63, 3.8) is 0 Å². The molecule has 0 aromatic carbocycles. The van der Waals surface area contributed by atoms with Gasteiger partial charge in [-0.2, -0.15) is 8.42 Å². The second-order valence-electron chi connectivity index (χ2n) is 5.98. The fraction of sp³-hybridized carbons (Fsp3) is 1.00. The van der Waals surface area contributed by atoms with Crippen LogP contribution in [0.2, 0.25) is 0 Å². The van der Waals surface area contributed by atoms with Gasteiger partial charge in [0.1, 0.15) is 0 Å². The molecule has 0 aliphatic heterocycles. The van der Waals surface area contributed by atoms with E-state index in [0.717, 1.165) is 25.7 Å². The van der Waals surface area contributed by atoms with Gasteiger partial charge in [0.15, 0.2) is 0 Å². The van der Waals surface area contributed by atoms with Crippen LogP contribution in [0.4, 0.5) is 0 Å². The molecule has 0 saturated heterocycles. The van der Waals surface area contributed by atoms with Crippen molar-refractivity contribution in [1.82, 2.24) is 0 Å². The maximum Gasteiger partial charge on any atom is 0.397 e. The summed E-state index contributed by atoms with van der Waals surface area (Å²) in [6.45, 7) is 4.51. The molecule has 0 fully saturated rings. The fourth-order valence-corrected chi connectivity index (χ4v) is 2.93. The van der Waals surface area contributed by atoms with Gasteiger partial charge in [-0.3, -0.25) is 4.55 Å². The molecule has 0 aromatic heterocycles. The Bertz CT molecular complexity index is 314. The van der Waals surface area contributed by atoms with Crippen LogP contribution in [-0.2, 0) is 14.6 Å². The third kappa shape index (κ3) is 16.1. The lowest BCUT2D eigenvalue weighted by molar-refractivity contribution is 0.204. The average molecular weight is 323 g/mol. The fourth-order valence-electron chi connectivity index (χ4n) is 2.57. The first-order valence-electron chi connectivity index (χ1n) is 8.61. The van der Waals surface area contributed by atoms with Gasteiger partial charge >= 0.3 is 10.4 Å². The standard InChI is InChI=1S/C16H34O4S/c1-3-5-7-9-10-12-14-16(13-11-8-6-4-2)15-20-21(17,18)19/h16H,3-15H2,1-2H3,(H,17,18,19)/t16-/m1/s1. The molecule has 0 bridgehead atoms.